The highest BCUT2D eigenvalue weighted by atomic mass is 19.4. The van der Waals surface area contributed by atoms with E-state index in [-0.39, 0.29) is 38.6 Å². The molecule has 1 fully saturated rings. The number of carbonyl (C=O) groups is 3. The van der Waals surface area contributed by atoms with Gasteiger partial charge in [-0.05, 0) is 67.9 Å². The minimum Gasteiger partial charge on any atom is -0.454 e. The highest BCUT2D eigenvalue weighted by Crippen LogP contribution is 2.39. The van der Waals surface area contributed by atoms with Gasteiger partial charge in [-0.3, -0.25) is 9.59 Å². The molecule has 2 aromatic heterocycles. The summed E-state index contributed by atoms with van der Waals surface area (Å²) in [6, 6.07) is 12.4. The first-order chi connectivity index (χ1) is 21.2. The van der Waals surface area contributed by atoms with Crippen molar-refractivity contribution in [2.24, 2.45) is 0 Å². The number of aromatic amines is 1. The minimum absolute atomic E-state index is 0.0247. The lowest BCUT2D eigenvalue weighted by Gasteiger charge is -2.24. The van der Waals surface area contributed by atoms with E-state index in [2.05, 4.69) is 10.1 Å². The molecule has 1 unspecified atom stereocenters. The molecule has 230 valence electrons. The average molecular weight is 625 g/mol. The Kier molecular flexibility index (Phi) is 6.64. The number of H-pyrrole nitrogens is 1. The average Bonchev–Trinajstić information content (AvgIpc) is 3.62. The van der Waals surface area contributed by atoms with Gasteiger partial charge in [0.2, 0.25) is 11.3 Å². The lowest BCUT2D eigenvalue weighted by atomic mass is 10.0. The fourth-order valence-corrected chi connectivity index (χ4v) is 4.94. The Morgan fingerprint density at radius 3 is 2.40 bits per heavy atom. The van der Waals surface area contributed by atoms with E-state index in [1.165, 1.54) is 35.1 Å². The number of hydrogen-bond donors (Lipinski definition) is 3. The van der Waals surface area contributed by atoms with Crippen molar-refractivity contribution in [3.05, 3.63) is 95.3 Å². The number of aromatic nitrogens is 3. The number of anilines is 2. The number of aryl methyl sites for hydroxylation is 1. The standard InChI is InChI=1S/C30H21F5N6O4/c1-14-9-16(45-24-6-4-3-5-18(24)31)7-8-22(14)41-26(36)17(13-37-41)25(42)21-11-15-10-19(32)23(12-20(15)38-21)40-27(43)29(2,30(33,34)35)39-28(40)44/h3-13,38H,36H2,1-2H3,(H,39,44). The number of ketones is 1. The molecule has 10 nitrogen and oxygen atoms in total. The number of carbonyl (C=O) groups excluding carboxylic acids is 3. The third-order valence-electron chi connectivity index (χ3n) is 7.44. The molecular weight excluding hydrogens is 603 g/mol. The number of rotatable bonds is 6. The van der Waals surface area contributed by atoms with E-state index >= 15 is 4.39 Å². The smallest absolute Gasteiger partial charge is 0.420 e. The zero-order valence-corrected chi connectivity index (χ0v) is 23.3. The SMILES string of the molecule is Cc1cc(Oc2ccccc2F)ccc1-n1ncc(C(=O)c2cc3cc(F)c(N4C(=O)NC(C)(C(F)(F)F)C4=O)cc3[nH]2)c1N. The molecule has 3 heterocycles. The Morgan fingerprint density at radius 1 is 1.00 bits per heavy atom. The Balaban J connectivity index is 1.28. The van der Waals surface area contributed by atoms with Gasteiger partial charge in [0.25, 0.3) is 5.91 Å². The number of nitrogens with one attached hydrogen (secondary N) is 2. The number of nitrogens with zero attached hydrogens (tertiary/aromatic N) is 3. The van der Waals surface area contributed by atoms with Crippen molar-refractivity contribution < 1.29 is 41.1 Å². The molecule has 1 aliphatic rings. The number of imide groups is 1. The third-order valence-corrected chi connectivity index (χ3v) is 7.44. The van der Waals surface area contributed by atoms with Crippen LogP contribution >= 0.6 is 0 Å². The summed E-state index contributed by atoms with van der Waals surface area (Å²) in [5.41, 5.74) is 3.40. The van der Waals surface area contributed by atoms with Crippen molar-refractivity contribution in [2.75, 3.05) is 10.6 Å². The van der Waals surface area contributed by atoms with Gasteiger partial charge < -0.3 is 20.8 Å². The summed E-state index contributed by atoms with van der Waals surface area (Å²) in [5, 5.41) is 5.92. The molecule has 1 aliphatic heterocycles. The summed E-state index contributed by atoms with van der Waals surface area (Å²) in [6.45, 7) is 2.22. The van der Waals surface area contributed by atoms with Gasteiger partial charge in [0, 0.05) is 10.9 Å². The maximum absolute atomic E-state index is 15.0. The number of benzene rings is 3. The zero-order chi connectivity index (χ0) is 32.4. The van der Waals surface area contributed by atoms with Crippen LogP contribution in [0.25, 0.3) is 16.6 Å². The van der Waals surface area contributed by atoms with Gasteiger partial charge in [-0.2, -0.15) is 18.3 Å². The number of alkyl halides is 3. The number of amides is 3. The maximum Gasteiger partial charge on any atom is 0.420 e. The van der Waals surface area contributed by atoms with Crippen LogP contribution in [0.15, 0.2) is 66.9 Å². The molecule has 3 aromatic carbocycles. The molecule has 45 heavy (non-hydrogen) atoms. The van der Waals surface area contributed by atoms with Crippen LogP contribution < -0.4 is 20.7 Å². The molecule has 0 radical (unpaired) electrons. The first-order valence-electron chi connectivity index (χ1n) is 13.2. The van der Waals surface area contributed by atoms with Gasteiger partial charge >= 0.3 is 12.2 Å². The molecule has 0 spiro atoms. The number of para-hydroxylation sites is 1. The van der Waals surface area contributed by atoms with Crippen molar-refractivity contribution in [1.82, 2.24) is 20.1 Å². The van der Waals surface area contributed by atoms with Crippen molar-refractivity contribution in [1.29, 1.82) is 0 Å². The van der Waals surface area contributed by atoms with Crippen LogP contribution in [0, 0.1) is 18.6 Å². The summed E-state index contributed by atoms with van der Waals surface area (Å²) >= 11 is 0. The third kappa shape index (κ3) is 4.72. The molecule has 4 N–H and O–H groups in total. The summed E-state index contributed by atoms with van der Waals surface area (Å²) < 4.78 is 76.5. The van der Waals surface area contributed by atoms with Crippen LogP contribution in [0.2, 0.25) is 0 Å². The second-order valence-electron chi connectivity index (χ2n) is 10.4. The number of nitrogen functional groups attached to an aromatic ring is 1. The molecule has 1 atom stereocenters. The molecule has 5 aromatic rings. The van der Waals surface area contributed by atoms with Crippen molar-refractivity contribution in [2.45, 2.75) is 25.6 Å². The van der Waals surface area contributed by atoms with Crippen LogP contribution in [0.3, 0.4) is 0 Å². The fourth-order valence-electron chi connectivity index (χ4n) is 4.94. The summed E-state index contributed by atoms with van der Waals surface area (Å²) in [6.07, 6.45) is -3.91. The van der Waals surface area contributed by atoms with E-state index in [9.17, 15) is 31.9 Å². The normalized spacial score (nSPS) is 16.8. The maximum atomic E-state index is 15.0. The van der Waals surface area contributed by atoms with Crippen molar-refractivity contribution in [3.8, 4) is 17.2 Å². The fraction of sp³-hybridized carbons (Fsp3) is 0.133. The minimum atomic E-state index is -5.14. The lowest BCUT2D eigenvalue weighted by molar-refractivity contribution is -0.187. The van der Waals surface area contributed by atoms with E-state index in [1.807, 2.05) is 0 Å². The monoisotopic (exact) mass is 624 g/mol. The van der Waals surface area contributed by atoms with Crippen LogP contribution in [0.4, 0.5) is 38.3 Å². The van der Waals surface area contributed by atoms with Gasteiger partial charge in [-0.25, -0.2) is 23.2 Å². The number of nitrogens with two attached hydrogens (primary N) is 1. The Morgan fingerprint density at radius 2 is 1.73 bits per heavy atom. The molecule has 6 rings (SSSR count). The van der Waals surface area contributed by atoms with Crippen LogP contribution in [0.1, 0.15) is 28.5 Å². The second-order valence-corrected chi connectivity index (χ2v) is 10.4. The lowest BCUT2D eigenvalue weighted by Crippen LogP contribution is -2.56. The van der Waals surface area contributed by atoms with Gasteiger partial charge in [0.15, 0.2) is 11.6 Å². The van der Waals surface area contributed by atoms with Crippen molar-refractivity contribution in [3.63, 3.8) is 0 Å². The van der Waals surface area contributed by atoms with Gasteiger partial charge in [0.05, 0.1) is 28.8 Å². The molecule has 1 saturated heterocycles. The Labute approximate surface area is 250 Å². The number of hydrogen-bond acceptors (Lipinski definition) is 6. The summed E-state index contributed by atoms with van der Waals surface area (Å²) in [4.78, 5) is 41.2. The van der Waals surface area contributed by atoms with E-state index in [4.69, 9.17) is 10.5 Å². The Bertz CT molecular complexity index is 2050. The number of ether oxygens (including phenoxy) is 1. The quantitative estimate of drug-likeness (QED) is 0.122. The molecular formula is C30H21F5N6O4. The molecule has 0 bridgehead atoms. The first kappa shape index (κ1) is 29.3. The van der Waals surface area contributed by atoms with Gasteiger partial charge in [-0.1, -0.05) is 12.1 Å². The molecule has 0 aliphatic carbocycles. The largest absolute Gasteiger partial charge is 0.454 e. The zero-order valence-electron chi connectivity index (χ0n) is 23.3. The number of halogens is 5. The van der Waals surface area contributed by atoms with Crippen LogP contribution in [-0.2, 0) is 4.79 Å². The number of fused-ring (bicyclic) bond motifs is 1. The van der Waals surface area contributed by atoms with Gasteiger partial charge in [-0.15, -0.1) is 0 Å². The number of urea groups is 1. The topological polar surface area (TPSA) is 135 Å². The van der Waals surface area contributed by atoms with E-state index < -0.39 is 46.8 Å². The molecule has 15 heteroatoms. The molecule has 0 saturated carbocycles. The Hall–Kier alpha value is -5.73. The molecule has 3 amide bonds. The van der Waals surface area contributed by atoms with Crippen LogP contribution in [-0.4, -0.2) is 44.2 Å². The predicted molar refractivity (Wildman–Crippen MR) is 151 cm³/mol. The first-order valence-corrected chi connectivity index (χ1v) is 13.2. The van der Waals surface area contributed by atoms with E-state index in [0.717, 1.165) is 12.1 Å². The summed E-state index contributed by atoms with van der Waals surface area (Å²) in [5.74, 6) is -3.70. The highest BCUT2D eigenvalue weighted by molar-refractivity contribution is 6.24. The second kappa shape index (κ2) is 10.2. The summed E-state index contributed by atoms with van der Waals surface area (Å²) in [7, 11) is 0. The van der Waals surface area contributed by atoms with Crippen LogP contribution in [0.5, 0.6) is 11.5 Å². The highest BCUT2D eigenvalue weighted by Gasteiger charge is 2.64. The predicted octanol–water partition coefficient (Wildman–Crippen LogP) is 5.92. The van der Waals surface area contributed by atoms with E-state index in [0.29, 0.717) is 23.9 Å². The van der Waals surface area contributed by atoms with Gasteiger partial charge in [0.1, 0.15) is 17.4 Å². The van der Waals surface area contributed by atoms with E-state index in [1.54, 1.807) is 36.5 Å². The van der Waals surface area contributed by atoms with Crippen molar-refractivity contribution >= 4 is 40.1 Å².